The van der Waals surface area contributed by atoms with E-state index < -0.39 is 0 Å². The molecule has 4 rings (SSSR count). The quantitative estimate of drug-likeness (QED) is 0.693. The third-order valence-corrected chi connectivity index (χ3v) is 6.15. The molecular weight excluding hydrogens is 394 g/mol. The van der Waals surface area contributed by atoms with E-state index in [4.69, 9.17) is 5.26 Å². The molecule has 1 N–H and O–H groups in total. The van der Waals surface area contributed by atoms with Crippen molar-refractivity contribution in [3.63, 3.8) is 0 Å². The number of nitrogens with zero attached hydrogens (tertiary/aromatic N) is 2. The van der Waals surface area contributed by atoms with Crippen molar-refractivity contribution in [1.29, 1.82) is 5.26 Å². The Labute approximate surface area is 179 Å². The minimum Gasteiger partial charge on any atom is -0.352 e. The van der Waals surface area contributed by atoms with Gasteiger partial charge in [-0.05, 0) is 54.4 Å². The van der Waals surface area contributed by atoms with Crippen LogP contribution in [0.25, 0.3) is 0 Å². The topological polar surface area (TPSA) is 73.2 Å². The van der Waals surface area contributed by atoms with Gasteiger partial charge in [-0.25, -0.2) is 0 Å². The van der Waals surface area contributed by atoms with Crippen molar-refractivity contribution in [2.24, 2.45) is 0 Å². The van der Waals surface area contributed by atoms with Gasteiger partial charge in [0.05, 0.1) is 22.9 Å². The summed E-state index contributed by atoms with van der Waals surface area (Å²) in [7, 11) is 1.73. The van der Waals surface area contributed by atoms with E-state index in [0.717, 1.165) is 21.0 Å². The number of fused-ring (bicyclic) bond motifs is 2. The van der Waals surface area contributed by atoms with Crippen LogP contribution in [0.3, 0.4) is 0 Å². The molecule has 0 atom stereocenters. The SMILES string of the molecule is CN1C(=O)c2ccccc2Sc2ccc(C(=O)NCCc3ccc(C#N)cc3)cc21. The van der Waals surface area contributed by atoms with Crippen molar-refractivity contribution in [1.82, 2.24) is 5.32 Å². The average molecular weight is 414 g/mol. The van der Waals surface area contributed by atoms with Gasteiger partial charge < -0.3 is 10.2 Å². The van der Waals surface area contributed by atoms with Gasteiger partial charge in [0.2, 0.25) is 0 Å². The Hall–Kier alpha value is -3.56. The van der Waals surface area contributed by atoms with Crippen LogP contribution in [-0.2, 0) is 6.42 Å². The summed E-state index contributed by atoms with van der Waals surface area (Å²) in [6.45, 7) is 0.483. The zero-order valence-corrected chi connectivity index (χ0v) is 17.2. The lowest BCUT2D eigenvalue weighted by Gasteiger charge is -2.18. The average Bonchev–Trinajstić information content (AvgIpc) is 2.88. The monoisotopic (exact) mass is 413 g/mol. The first-order chi connectivity index (χ1) is 14.6. The maximum atomic E-state index is 12.8. The Morgan fingerprint density at radius 2 is 1.83 bits per heavy atom. The second kappa shape index (κ2) is 8.44. The Morgan fingerprint density at radius 3 is 2.60 bits per heavy atom. The van der Waals surface area contributed by atoms with Crippen LogP contribution in [0.4, 0.5) is 5.69 Å². The number of benzene rings is 3. The Kier molecular flexibility index (Phi) is 5.55. The smallest absolute Gasteiger partial charge is 0.259 e. The molecule has 148 valence electrons. The van der Waals surface area contributed by atoms with Crippen molar-refractivity contribution in [2.75, 3.05) is 18.5 Å². The fraction of sp³-hybridized carbons (Fsp3) is 0.125. The van der Waals surface area contributed by atoms with Crippen molar-refractivity contribution >= 4 is 29.3 Å². The molecule has 6 heteroatoms. The highest BCUT2D eigenvalue weighted by Crippen LogP contribution is 2.41. The highest BCUT2D eigenvalue weighted by Gasteiger charge is 2.25. The summed E-state index contributed by atoms with van der Waals surface area (Å²) < 4.78 is 0. The summed E-state index contributed by atoms with van der Waals surface area (Å²) in [6.07, 6.45) is 0.673. The van der Waals surface area contributed by atoms with Crippen molar-refractivity contribution < 1.29 is 9.59 Å². The Morgan fingerprint density at radius 1 is 1.07 bits per heavy atom. The van der Waals surface area contributed by atoms with Crippen molar-refractivity contribution in [3.8, 4) is 6.07 Å². The Balaban J connectivity index is 1.48. The van der Waals surface area contributed by atoms with Gasteiger partial charge in [0.25, 0.3) is 11.8 Å². The van der Waals surface area contributed by atoms with Crippen molar-refractivity contribution in [3.05, 3.63) is 89.0 Å². The summed E-state index contributed by atoms with van der Waals surface area (Å²) in [5.41, 5.74) is 3.57. The van der Waals surface area contributed by atoms with Gasteiger partial charge >= 0.3 is 0 Å². The third kappa shape index (κ3) is 3.93. The summed E-state index contributed by atoms with van der Waals surface area (Å²) in [4.78, 5) is 28.9. The van der Waals surface area contributed by atoms with E-state index in [1.54, 1.807) is 36.2 Å². The molecule has 5 nitrogen and oxygen atoms in total. The number of amides is 2. The molecule has 0 aromatic heterocycles. The molecule has 1 heterocycles. The maximum Gasteiger partial charge on any atom is 0.259 e. The van der Waals surface area contributed by atoms with Crippen LogP contribution in [0, 0.1) is 11.3 Å². The fourth-order valence-electron chi connectivity index (χ4n) is 3.32. The largest absolute Gasteiger partial charge is 0.352 e. The highest BCUT2D eigenvalue weighted by atomic mass is 32.2. The molecule has 0 aliphatic carbocycles. The van der Waals surface area contributed by atoms with Gasteiger partial charge in [-0.2, -0.15) is 5.26 Å². The van der Waals surface area contributed by atoms with Crippen LogP contribution in [0.2, 0.25) is 0 Å². The number of hydrogen-bond donors (Lipinski definition) is 1. The summed E-state index contributed by atoms with van der Waals surface area (Å²) in [6, 6.07) is 22.4. The normalized spacial score (nSPS) is 12.4. The molecule has 0 radical (unpaired) electrons. The molecule has 3 aromatic carbocycles. The minimum atomic E-state index is -0.181. The van der Waals surface area contributed by atoms with E-state index in [1.807, 2.05) is 42.5 Å². The second-order valence-corrected chi connectivity index (χ2v) is 8.04. The van der Waals surface area contributed by atoms with Gasteiger partial charge in [0.1, 0.15) is 0 Å². The van der Waals surface area contributed by atoms with Crippen LogP contribution in [0.5, 0.6) is 0 Å². The van der Waals surface area contributed by atoms with Gasteiger partial charge in [-0.3, -0.25) is 9.59 Å². The van der Waals surface area contributed by atoms with Crippen LogP contribution in [-0.4, -0.2) is 25.4 Å². The molecule has 0 unspecified atom stereocenters. The van der Waals surface area contributed by atoms with Crippen LogP contribution >= 0.6 is 11.8 Å². The lowest BCUT2D eigenvalue weighted by Crippen LogP contribution is -2.28. The fourth-order valence-corrected chi connectivity index (χ4v) is 4.40. The van der Waals surface area contributed by atoms with Gasteiger partial charge in [0, 0.05) is 28.9 Å². The predicted molar refractivity (Wildman–Crippen MR) is 117 cm³/mol. The van der Waals surface area contributed by atoms with E-state index in [0.29, 0.717) is 29.7 Å². The number of rotatable bonds is 4. The molecule has 2 amide bonds. The standard InChI is InChI=1S/C24H19N3O2S/c1-27-20-14-18(23(28)26-13-12-16-6-8-17(15-25)9-7-16)10-11-22(20)30-21-5-3-2-4-19(21)24(27)29/h2-11,14H,12-13H2,1H3,(H,26,28). The first-order valence-corrected chi connectivity index (χ1v) is 10.3. The lowest BCUT2D eigenvalue weighted by molar-refractivity contribution is 0.0951. The van der Waals surface area contributed by atoms with E-state index in [1.165, 1.54) is 11.8 Å². The van der Waals surface area contributed by atoms with E-state index in [2.05, 4.69) is 11.4 Å². The van der Waals surface area contributed by atoms with E-state index in [9.17, 15) is 9.59 Å². The minimum absolute atomic E-state index is 0.0878. The summed E-state index contributed by atoms with van der Waals surface area (Å²) in [5.74, 6) is -0.269. The van der Waals surface area contributed by atoms with Crippen LogP contribution < -0.4 is 10.2 Å². The highest BCUT2D eigenvalue weighted by molar-refractivity contribution is 7.99. The van der Waals surface area contributed by atoms with E-state index >= 15 is 0 Å². The second-order valence-electron chi connectivity index (χ2n) is 6.96. The molecule has 3 aromatic rings. The van der Waals surface area contributed by atoms with E-state index in [-0.39, 0.29) is 11.8 Å². The number of nitrogens with one attached hydrogen (secondary N) is 1. The first-order valence-electron chi connectivity index (χ1n) is 9.53. The number of hydrogen-bond acceptors (Lipinski definition) is 4. The molecule has 0 fully saturated rings. The molecule has 30 heavy (non-hydrogen) atoms. The van der Waals surface area contributed by atoms with Crippen LogP contribution in [0.1, 0.15) is 31.8 Å². The zero-order chi connectivity index (χ0) is 21.1. The summed E-state index contributed by atoms with van der Waals surface area (Å²) >= 11 is 1.53. The lowest BCUT2D eigenvalue weighted by atomic mass is 10.1. The Bertz CT molecular complexity index is 1170. The number of carbonyl (C=O) groups is 2. The first kappa shape index (κ1) is 19.7. The molecule has 0 saturated carbocycles. The number of carbonyl (C=O) groups excluding carboxylic acids is 2. The molecule has 0 spiro atoms. The molecule has 1 aliphatic rings. The predicted octanol–water partition coefficient (Wildman–Crippen LogP) is 4.27. The zero-order valence-electron chi connectivity index (χ0n) is 16.4. The molecule has 1 aliphatic heterocycles. The number of nitriles is 1. The third-order valence-electron chi connectivity index (χ3n) is 5.01. The molecule has 0 saturated heterocycles. The maximum absolute atomic E-state index is 12.8. The van der Waals surface area contributed by atoms with Gasteiger partial charge in [0.15, 0.2) is 0 Å². The van der Waals surface area contributed by atoms with Crippen molar-refractivity contribution in [2.45, 2.75) is 16.2 Å². The molecular formula is C24H19N3O2S. The number of anilines is 1. The van der Waals surface area contributed by atoms with Gasteiger partial charge in [-0.1, -0.05) is 36.0 Å². The van der Waals surface area contributed by atoms with Crippen LogP contribution in [0.15, 0.2) is 76.5 Å². The van der Waals surface area contributed by atoms with Gasteiger partial charge in [-0.15, -0.1) is 0 Å². The summed E-state index contributed by atoms with van der Waals surface area (Å²) in [5, 5.41) is 11.8. The molecule has 0 bridgehead atoms.